The largest absolute Gasteiger partial charge is 0.461 e. The second kappa shape index (κ2) is 18.8. The molecule has 3 aromatic carbocycles. The molecule has 4 aromatic rings. The molecule has 0 saturated heterocycles. The van der Waals surface area contributed by atoms with E-state index in [2.05, 4.69) is 14.8 Å². The third kappa shape index (κ3) is 13.1. The number of benzene rings is 3. The minimum absolute atomic E-state index is 0.00600. The van der Waals surface area contributed by atoms with Gasteiger partial charge in [-0.3, -0.25) is 19.1 Å². The molecule has 3 N–H and O–H groups in total. The first kappa shape index (κ1) is 38.2. The lowest BCUT2D eigenvalue weighted by Crippen LogP contribution is -2.27. The molecule has 4 rings (SSSR count). The minimum Gasteiger partial charge on any atom is -0.461 e. The van der Waals surface area contributed by atoms with Gasteiger partial charge in [0.05, 0.1) is 16.9 Å². The first-order valence-corrected chi connectivity index (χ1v) is 15.0. The van der Waals surface area contributed by atoms with Gasteiger partial charge in [0.1, 0.15) is 23.0 Å². The normalized spacial score (nSPS) is 11.0. The van der Waals surface area contributed by atoms with Gasteiger partial charge in [-0.25, -0.2) is 4.21 Å². The van der Waals surface area contributed by atoms with Crippen molar-refractivity contribution in [1.29, 1.82) is 0 Å². The van der Waals surface area contributed by atoms with Crippen molar-refractivity contribution in [3.63, 3.8) is 0 Å². The molecule has 0 radical (unpaired) electrons. The number of aliphatic hydroxyl groups is 1. The van der Waals surface area contributed by atoms with Crippen molar-refractivity contribution in [2.45, 2.75) is 52.2 Å². The number of hydrogen-bond acceptors (Lipinski definition) is 8. The molecule has 0 aliphatic heterocycles. The van der Waals surface area contributed by atoms with E-state index in [0.717, 1.165) is 0 Å². The molecule has 1 heterocycles. The molecule has 1 aromatic heterocycles. The Morgan fingerprint density at radius 2 is 1.45 bits per heavy atom. The van der Waals surface area contributed by atoms with Crippen LogP contribution in [0.3, 0.4) is 0 Å². The number of nitrogens with one attached hydrogen (secondary N) is 2. The average Bonchev–Trinajstić information content (AvgIpc) is 3.40. The van der Waals surface area contributed by atoms with Gasteiger partial charge in [0.15, 0.2) is 11.0 Å². The summed E-state index contributed by atoms with van der Waals surface area (Å²) in [6, 6.07) is 19.9. The molecule has 0 spiro atoms. The highest BCUT2D eigenvalue weighted by Crippen LogP contribution is 2.28. The van der Waals surface area contributed by atoms with Crippen LogP contribution in [-0.2, 0) is 27.0 Å². The highest BCUT2D eigenvalue weighted by Gasteiger charge is 2.17. The molecule has 10 nitrogen and oxygen atoms in total. The van der Waals surface area contributed by atoms with Crippen LogP contribution in [0.25, 0.3) is 11.3 Å². The van der Waals surface area contributed by atoms with Crippen LogP contribution in [0.5, 0.6) is 11.5 Å². The molecule has 1 unspecified atom stereocenters. The van der Waals surface area contributed by atoms with Crippen molar-refractivity contribution in [2.24, 2.45) is 0 Å². The molecule has 15 heteroatoms. The Morgan fingerprint density at radius 1 is 0.894 bits per heavy atom. The number of esters is 1. The molecule has 2 amide bonds. The van der Waals surface area contributed by atoms with E-state index in [9.17, 15) is 36.2 Å². The first-order valence-electron chi connectivity index (χ1n) is 13.8. The number of aliphatic hydroxyl groups excluding tert-OH is 1. The van der Waals surface area contributed by atoms with Crippen LogP contribution in [0, 0.1) is 6.92 Å². The summed E-state index contributed by atoms with van der Waals surface area (Å²) in [5.41, 5.74) is 1.98. The molecule has 47 heavy (non-hydrogen) atoms. The Morgan fingerprint density at radius 3 is 1.98 bits per heavy atom. The van der Waals surface area contributed by atoms with Gasteiger partial charge < -0.3 is 24.3 Å². The van der Waals surface area contributed by atoms with E-state index in [1.807, 2.05) is 13.8 Å². The van der Waals surface area contributed by atoms with Crippen LogP contribution in [-0.4, -0.2) is 40.3 Å². The fourth-order valence-electron chi connectivity index (χ4n) is 3.74. The molecule has 0 fully saturated rings. The number of aryl methyl sites for hydroxylation is 1. The number of halogens is 4. The zero-order valence-electron chi connectivity index (χ0n) is 25.6. The van der Waals surface area contributed by atoms with Gasteiger partial charge in [-0.05, 0) is 79.2 Å². The van der Waals surface area contributed by atoms with E-state index >= 15 is 0 Å². The lowest BCUT2D eigenvalue weighted by molar-refractivity contribution is -0.131. The van der Waals surface area contributed by atoms with E-state index < -0.39 is 42.0 Å². The summed E-state index contributed by atoms with van der Waals surface area (Å²) in [6.07, 6.45) is -0.0448. The van der Waals surface area contributed by atoms with Gasteiger partial charge in [0, 0.05) is 18.2 Å². The van der Waals surface area contributed by atoms with Gasteiger partial charge in [-0.15, -0.1) is 0 Å². The van der Waals surface area contributed by atoms with Gasteiger partial charge >= 0.3 is 19.2 Å². The first-order chi connectivity index (χ1) is 22.3. The van der Waals surface area contributed by atoms with Gasteiger partial charge in [0.25, 0.3) is 5.91 Å². The maximum absolute atomic E-state index is 12.9. The summed E-state index contributed by atoms with van der Waals surface area (Å²) in [5.74, 6) is -0.311. The maximum atomic E-state index is 12.9. The predicted molar refractivity (Wildman–Crippen MR) is 165 cm³/mol. The third-order valence-electron chi connectivity index (χ3n) is 5.61. The lowest BCUT2D eigenvalue weighted by Gasteiger charge is -2.08. The number of furan rings is 1. The van der Waals surface area contributed by atoms with Crippen LogP contribution in [0.4, 0.5) is 23.2 Å². The molecule has 0 bridgehead atoms. The summed E-state index contributed by atoms with van der Waals surface area (Å²) >= 11 is 0. The second-order valence-corrected chi connectivity index (χ2v) is 10.2. The number of amides is 2. The summed E-state index contributed by atoms with van der Waals surface area (Å²) in [7, 11) is -1.80. The molecular formula is C32H32F4N2O8S. The highest BCUT2D eigenvalue weighted by molar-refractivity contribution is 7.83. The average molecular weight is 681 g/mol. The molecule has 252 valence electrons. The zero-order valence-corrected chi connectivity index (χ0v) is 26.4. The maximum Gasteiger partial charge on any atom is 0.387 e. The third-order valence-corrected chi connectivity index (χ3v) is 6.72. The second-order valence-electron chi connectivity index (χ2n) is 8.95. The Bertz CT molecular complexity index is 1630. The van der Waals surface area contributed by atoms with E-state index in [1.165, 1.54) is 43.3 Å². The van der Waals surface area contributed by atoms with Gasteiger partial charge in [-0.1, -0.05) is 26.0 Å². The predicted octanol–water partition coefficient (Wildman–Crippen LogP) is 6.64. The fraction of sp³-hybridized carbons (Fsp3) is 0.219. The molecule has 0 saturated carbocycles. The topological polar surface area (TPSA) is 144 Å². The van der Waals surface area contributed by atoms with E-state index in [-0.39, 0.29) is 12.2 Å². The Hall–Kier alpha value is -5.02. The van der Waals surface area contributed by atoms with Crippen molar-refractivity contribution in [3.05, 3.63) is 95.7 Å². The van der Waals surface area contributed by atoms with Crippen molar-refractivity contribution >= 4 is 34.5 Å². The summed E-state index contributed by atoms with van der Waals surface area (Å²) < 4.78 is 74.3. The summed E-state index contributed by atoms with van der Waals surface area (Å²) in [6.45, 7) is 0.808. The molecule has 0 aliphatic rings. The summed E-state index contributed by atoms with van der Waals surface area (Å²) in [4.78, 5) is 36.6. The minimum atomic E-state index is -3.17. The quantitative estimate of drug-likeness (QED) is 0.0961. The van der Waals surface area contributed by atoms with Gasteiger partial charge in [-0.2, -0.15) is 17.6 Å². The van der Waals surface area contributed by atoms with Crippen LogP contribution in [0.15, 0.2) is 88.2 Å². The van der Waals surface area contributed by atoms with Gasteiger partial charge in [0.2, 0.25) is 5.91 Å². The Balaban J connectivity index is 0.00000119. The van der Waals surface area contributed by atoms with Crippen molar-refractivity contribution in [3.8, 4) is 22.8 Å². The number of carbonyl (C=O) groups is 3. The standard InChI is InChI=1S/C29H24F2N2O7S.C2H6.CH2F2O/c1-17-25(16-26(38-17)20-5-9-23(10-6-20)40-29(30)31)28(36)32-21-7-3-19(4-8-21)15-27(35)33-41(37)24-13-11-22(12-14-24)39-18(2)34;1-2;2-1(3)4/h3-14,16,29H,15H2,1-2H3,(H,32,36)(H,33,35);1-2H3;1,4H. The van der Waals surface area contributed by atoms with Crippen molar-refractivity contribution < 1.29 is 55.2 Å². The smallest absolute Gasteiger partial charge is 0.387 e. The zero-order chi connectivity index (χ0) is 35.1. The fourth-order valence-corrected chi connectivity index (χ4v) is 4.52. The van der Waals surface area contributed by atoms with Crippen LogP contribution in [0.2, 0.25) is 0 Å². The van der Waals surface area contributed by atoms with Crippen molar-refractivity contribution in [1.82, 2.24) is 4.72 Å². The SMILES string of the molecule is CC.CC(=O)Oc1ccc(S(=O)NC(=O)Cc2ccc(NC(=O)c3cc(-c4ccc(OC(F)F)cc4)oc3C)cc2)cc1.OC(F)F. The number of anilines is 1. The van der Waals surface area contributed by atoms with Crippen molar-refractivity contribution in [2.75, 3.05) is 5.32 Å². The number of rotatable bonds is 10. The molecular weight excluding hydrogens is 648 g/mol. The Kier molecular flexibility index (Phi) is 15.3. The lowest BCUT2D eigenvalue weighted by atomic mass is 10.1. The van der Waals surface area contributed by atoms with Crippen LogP contribution in [0.1, 0.15) is 42.5 Å². The number of carbonyl (C=O) groups excluding carboxylic acids is 3. The highest BCUT2D eigenvalue weighted by atomic mass is 32.2. The van der Waals surface area contributed by atoms with E-state index in [1.54, 1.807) is 49.4 Å². The summed E-state index contributed by atoms with van der Waals surface area (Å²) in [5, 5.41) is 9.48. The van der Waals surface area contributed by atoms with E-state index in [4.69, 9.17) is 14.3 Å². The van der Waals surface area contributed by atoms with Crippen LogP contribution >= 0.6 is 0 Å². The number of hydrogen-bond donors (Lipinski definition) is 3. The monoisotopic (exact) mass is 680 g/mol. The number of ether oxygens (including phenoxy) is 2. The van der Waals surface area contributed by atoms with Crippen LogP contribution < -0.4 is 19.5 Å². The number of alkyl halides is 4. The molecule has 1 atom stereocenters. The molecule has 0 aliphatic carbocycles. The Labute approximate surface area is 270 Å². The van der Waals surface area contributed by atoms with E-state index in [0.29, 0.717) is 44.5 Å².